The number of hydrogen-bond donors (Lipinski definition) is 11. The maximum atomic E-state index is 13.7. The minimum Gasteiger partial charge on any atom is -0.481 e. The summed E-state index contributed by atoms with van der Waals surface area (Å²) in [5.41, 5.74) is 7.13. The van der Waals surface area contributed by atoms with E-state index < -0.39 is 121 Å². The molecule has 0 aromatic heterocycles. The molecule has 0 saturated carbocycles. The second-order valence-corrected chi connectivity index (χ2v) is 15.7. The Labute approximate surface area is 359 Å². The molecule has 0 bridgehead atoms. The van der Waals surface area contributed by atoms with E-state index in [2.05, 4.69) is 31.9 Å². The summed E-state index contributed by atoms with van der Waals surface area (Å²) in [5, 5.41) is 54.2. The first kappa shape index (κ1) is 51.7. The average molecular weight is 870 g/mol. The van der Waals surface area contributed by atoms with Crippen LogP contribution in [0.25, 0.3) is 0 Å². The molecule has 0 aliphatic carbocycles. The maximum absolute atomic E-state index is 13.7. The van der Waals surface area contributed by atoms with Crippen molar-refractivity contribution in [1.82, 2.24) is 31.9 Å². The minimum atomic E-state index is -2.10. The van der Waals surface area contributed by atoms with Crippen molar-refractivity contribution in [3.63, 3.8) is 0 Å². The molecule has 12 N–H and O–H groups in total. The van der Waals surface area contributed by atoms with Crippen LogP contribution in [0.2, 0.25) is 0 Å². The van der Waals surface area contributed by atoms with Gasteiger partial charge in [-0.3, -0.25) is 38.4 Å². The third-order valence-corrected chi connectivity index (χ3v) is 9.58. The number of rotatable bonds is 26. The highest BCUT2D eigenvalue weighted by molar-refractivity contribution is 5.97. The first-order valence-electron chi connectivity index (χ1n) is 20.1. The second kappa shape index (κ2) is 25.4. The Morgan fingerprint density at radius 3 is 1.53 bits per heavy atom. The summed E-state index contributed by atoms with van der Waals surface area (Å²) >= 11 is 0. The molecular formula is C42H59N7O13. The number of benzene rings is 2. The summed E-state index contributed by atoms with van der Waals surface area (Å²) in [6.07, 6.45) is -4.32. The Bertz CT molecular complexity index is 1860. The Morgan fingerprint density at radius 2 is 1.03 bits per heavy atom. The molecule has 0 aliphatic rings. The third-order valence-electron chi connectivity index (χ3n) is 9.58. The van der Waals surface area contributed by atoms with E-state index >= 15 is 0 Å². The van der Waals surface area contributed by atoms with Crippen molar-refractivity contribution in [2.75, 3.05) is 0 Å². The van der Waals surface area contributed by atoms with Crippen LogP contribution >= 0.6 is 0 Å². The van der Waals surface area contributed by atoms with Gasteiger partial charge in [0.15, 0.2) is 6.10 Å². The Kier molecular flexibility index (Phi) is 21.2. The fraction of sp³-hybridized carbons (Fsp3) is 0.500. The van der Waals surface area contributed by atoms with Gasteiger partial charge in [-0.2, -0.15) is 0 Å². The van der Waals surface area contributed by atoms with Gasteiger partial charge in [-0.05, 0) is 49.1 Å². The smallest absolute Gasteiger partial charge is 0.326 e. The zero-order valence-electron chi connectivity index (χ0n) is 35.3. The fourth-order valence-corrected chi connectivity index (χ4v) is 6.03. The van der Waals surface area contributed by atoms with Crippen molar-refractivity contribution in [2.24, 2.45) is 17.6 Å². The van der Waals surface area contributed by atoms with Crippen LogP contribution in [-0.4, -0.2) is 122 Å². The molecular weight excluding hydrogens is 810 g/mol. The Morgan fingerprint density at radius 1 is 0.548 bits per heavy atom. The standard InChI is InChI=1S/C42H59N7O13/c1-22(2)18-29(47-40(59)34(43)23(3)4)39(58)46-28(19-25-12-8-6-9-13-25)35(54)41(60)48-30(21-33(52)53)38(57)44-24(5)36(55)45-27(16-17-32(50)51)37(56)49-31(42(61)62)20-26-14-10-7-11-15-26/h6-15,22-24,27-31,34-35,54H,16-21,43H2,1-5H3,(H,44,57)(H,45,55)(H,46,58)(H,47,59)(H,48,60)(H,49,56)(H,50,51)(H,52,53)(H,61,62)/t24-,27-,28-,29-,30-,31-,34-,35+/m0/s1. The average Bonchev–Trinajstić information content (AvgIpc) is 3.20. The number of nitrogens with two attached hydrogens (primary N) is 1. The van der Waals surface area contributed by atoms with Crippen molar-refractivity contribution < 1.29 is 63.6 Å². The highest BCUT2D eigenvalue weighted by Crippen LogP contribution is 2.12. The molecule has 0 fully saturated rings. The molecule has 0 radical (unpaired) electrons. The van der Waals surface area contributed by atoms with Gasteiger partial charge in [-0.1, -0.05) is 88.4 Å². The lowest BCUT2D eigenvalue weighted by molar-refractivity contribution is -0.143. The minimum absolute atomic E-state index is 0.0936. The molecule has 2 aromatic rings. The topological polar surface area (TPSA) is 333 Å². The summed E-state index contributed by atoms with van der Waals surface area (Å²) in [7, 11) is 0. The van der Waals surface area contributed by atoms with Gasteiger partial charge in [0.25, 0.3) is 5.91 Å². The van der Waals surface area contributed by atoms with Gasteiger partial charge >= 0.3 is 17.9 Å². The second-order valence-electron chi connectivity index (χ2n) is 15.7. The molecule has 0 spiro atoms. The van der Waals surface area contributed by atoms with Crippen molar-refractivity contribution in [2.45, 2.75) is 122 Å². The highest BCUT2D eigenvalue weighted by Gasteiger charge is 2.36. The highest BCUT2D eigenvalue weighted by atomic mass is 16.4. The van der Waals surface area contributed by atoms with Crippen molar-refractivity contribution in [3.8, 4) is 0 Å². The number of aliphatic hydroxyl groups is 1. The van der Waals surface area contributed by atoms with Crippen LogP contribution < -0.4 is 37.6 Å². The van der Waals surface area contributed by atoms with Crippen LogP contribution in [0.3, 0.4) is 0 Å². The van der Waals surface area contributed by atoms with E-state index in [0.29, 0.717) is 11.1 Å². The molecule has 340 valence electrons. The predicted molar refractivity (Wildman–Crippen MR) is 223 cm³/mol. The molecule has 20 nitrogen and oxygen atoms in total. The SMILES string of the molecule is CC(C)C[C@H](NC(=O)[C@@H](N)C(C)C)C(=O)N[C@@H](Cc1ccccc1)[C@@H](O)C(=O)N[C@@H](CC(=O)O)C(=O)N[C@@H](C)C(=O)N[C@@H](CCC(=O)O)C(=O)N[C@@H](Cc1ccccc1)C(=O)O. The molecule has 8 atom stereocenters. The summed E-state index contributed by atoms with van der Waals surface area (Å²) in [5.74, 6) is -10.5. The number of nitrogens with one attached hydrogen (secondary N) is 6. The van der Waals surface area contributed by atoms with Crippen LogP contribution in [0.1, 0.15) is 71.4 Å². The number of aliphatic hydroxyl groups excluding tert-OH is 1. The molecule has 0 unspecified atom stereocenters. The van der Waals surface area contributed by atoms with Gasteiger partial charge in [0.2, 0.25) is 29.5 Å². The third kappa shape index (κ3) is 18.1. The Balaban J connectivity index is 2.27. The predicted octanol–water partition coefficient (Wildman–Crippen LogP) is -0.785. The summed E-state index contributed by atoms with van der Waals surface area (Å²) in [6, 6.07) is 6.80. The van der Waals surface area contributed by atoms with E-state index in [0.717, 1.165) is 6.92 Å². The zero-order chi connectivity index (χ0) is 46.7. The van der Waals surface area contributed by atoms with E-state index in [1.807, 2.05) is 13.8 Å². The first-order valence-corrected chi connectivity index (χ1v) is 20.1. The zero-order valence-corrected chi connectivity index (χ0v) is 35.3. The van der Waals surface area contributed by atoms with Crippen molar-refractivity contribution >= 4 is 53.4 Å². The molecule has 2 aromatic carbocycles. The van der Waals surface area contributed by atoms with Crippen molar-refractivity contribution in [3.05, 3.63) is 71.8 Å². The fourth-order valence-electron chi connectivity index (χ4n) is 6.03. The lowest BCUT2D eigenvalue weighted by atomic mass is 9.97. The van der Waals surface area contributed by atoms with E-state index in [9.17, 15) is 63.6 Å². The molecule has 20 heteroatoms. The number of carboxylic acids is 3. The van der Waals surface area contributed by atoms with Gasteiger partial charge < -0.3 is 58.1 Å². The number of carboxylic acid groups (broad SMARTS) is 3. The summed E-state index contributed by atoms with van der Waals surface area (Å²) in [4.78, 5) is 115. The number of hydrogen-bond acceptors (Lipinski definition) is 11. The van der Waals surface area contributed by atoms with E-state index in [4.69, 9.17) is 5.73 Å². The van der Waals surface area contributed by atoms with Crippen LogP contribution in [0.5, 0.6) is 0 Å². The van der Waals surface area contributed by atoms with Gasteiger partial charge in [0, 0.05) is 12.8 Å². The largest absolute Gasteiger partial charge is 0.481 e. The van der Waals surface area contributed by atoms with Crippen molar-refractivity contribution in [1.29, 1.82) is 0 Å². The van der Waals surface area contributed by atoms with E-state index in [-0.39, 0.29) is 31.1 Å². The molecule has 0 aliphatic heterocycles. The Hall–Kier alpha value is -6.41. The molecule has 62 heavy (non-hydrogen) atoms. The van der Waals surface area contributed by atoms with Crippen LogP contribution in [-0.2, 0) is 56.0 Å². The lowest BCUT2D eigenvalue weighted by Gasteiger charge is -2.29. The monoisotopic (exact) mass is 869 g/mol. The molecule has 6 amide bonds. The quantitative estimate of drug-likeness (QED) is 0.0553. The molecule has 0 saturated heterocycles. The van der Waals surface area contributed by atoms with Crippen LogP contribution in [0.15, 0.2) is 60.7 Å². The van der Waals surface area contributed by atoms with Gasteiger partial charge in [-0.15, -0.1) is 0 Å². The molecule has 2 rings (SSSR count). The normalized spacial score (nSPS) is 15.0. The summed E-state index contributed by atoms with van der Waals surface area (Å²) in [6.45, 7) is 8.24. The van der Waals surface area contributed by atoms with E-state index in [1.165, 1.54) is 0 Å². The number of aliphatic carboxylic acids is 3. The number of carbonyl (C=O) groups excluding carboxylic acids is 6. The van der Waals surface area contributed by atoms with E-state index in [1.54, 1.807) is 74.5 Å². The van der Waals surface area contributed by atoms with Crippen LogP contribution in [0.4, 0.5) is 0 Å². The van der Waals surface area contributed by atoms with Gasteiger partial charge in [0.05, 0.1) is 18.5 Å². The van der Waals surface area contributed by atoms with Gasteiger partial charge in [-0.25, -0.2) is 4.79 Å². The van der Waals surface area contributed by atoms with Crippen LogP contribution in [0, 0.1) is 11.8 Å². The molecule has 0 heterocycles. The summed E-state index contributed by atoms with van der Waals surface area (Å²) < 4.78 is 0. The first-order chi connectivity index (χ1) is 29.1. The lowest BCUT2D eigenvalue weighted by Crippen LogP contribution is -2.60. The number of amides is 6. The maximum Gasteiger partial charge on any atom is 0.326 e. The number of carbonyl (C=O) groups is 9. The van der Waals surface area contributed by atoms with Gasteiger partial charge in [0.1, 0.15) is 30.2 Å².